The first-order valence-electron chi connectivity index (χ1n) is 8.13. The van der Waals surface area contributed by atoms with E-state index in [2.05, 4.69) is 41.5 Å². The number of aryl methyl sites for hydroxylation is 1. The molecule has 4 nitrogen and oxygen atoms in total. The Morgan fingerprint density at radius 2 is 2.17 bits per heavy atom. The Morgan fingerprint density at radius 1 is 1.39 bits per heavy atom. The Bertz CT molecular complexity index is 689. The van der Waals surface area contributed by atoms with Gasteiger partial charge in [-0.05, 0) is 25.3 Å². The van der Waals surface area contributed by atoms with Crippen molar-refractivity contribution in [3.8, 4) is 0 Å². The summed E-state index contributed by atoms with van der Waals surface area (Å²) in [6.07, 6.45) is 4.69. The number of hydrogen-bond donors (Lipinski definition) is 2. The second-order valence-corrected chi connectivity index (χ2v) is 7.31. The third-order valence-electron chi connectivity index (χ3n) is 4.74. The number of hydrogen-bond acceptors (Lipinski definition) is 4. The van der Waals surface area contributed by atoms with Gasteiger partial charge in [0.15, 0.2) is 0 Å². The summed E-state index contributed by atoms with van der Waals surface area (Å²) in [4.78, 5) is 16.6. The van der Waals surface area contributed by atoms with Gasteiger partial charge in [-0.3, -0.25) is 4.79 Å². The molecule has 23 heavy (non-hydrogen) atoms. The highest BCUT2D eigenvalue weighted by molar-refractivity contribution is 7.09. The normalized spacial score (nSPS) is 16.4. The van der Waals surface area contributed by atoms with Crippen molar-refractivity contribution in [3.63, 3.8) is 0 Å². The minimum absolute atomic E-state index is 0.0639. The molecule has 0 spiro atoms. The van der Waals surface area contributed by atoms with Gasteiger partial charge < -0.3 is 11.1 Å². The summed E-state index contributed by atoms with van der Waals surface area (Å²) in [5, 5.41) is 5.68. The fourth-order valence-electron chi connectivity index (χ4n) is 3.44. The Balaban J connectivity index is 1.74. The lowest BCUT2D eigenvalue weighted by Gasteiger charge is -2.30. The molecule has 0 atom stereocenters. The third kappa shape index (κ3) is 3.46. The Hall–Kier alpha value is -1.72. The molecule has 1 aliphatic carbocycles. The highest BCUT2D eigenvalue weighted by Gasteiger charge is 2.36. The molecular formula is C18H23N3OS. The molecule has 1 aromatic heterocycles. The van der Waals surface area contributed by atoms with E-state index in [9.17, 15) is 4.79 Å². The number of thiazole rings is 1. The molecule has 1 saturated carbocycles. The number of carbonyl (C=O) groups excluding carboxylic acids is 1. The lowest BCUT2D eigenvalue weighted by atomic mass is 9.78. The SMILES string of the molecule is Cc1cccc(C2(CNC(=O)c3csc(CN)n3)CCCC2)c1. The van der Waals surface area contributed by atoms with E-state index in [0.29, 0.717) is 18.8 Å². The molecule has 1 aromatic carbocycles. The average molecular weight is 329 g/mol. The van der Waals surface area contributed by atoms with Crippen molar-refractivity contribution >= 4 is 17.2 Å². The molecule has 3 rings (SSSR count). The second-order valence-electron chi connectivity index (χ2n) is 6.37. The van der Waals surface area contributed by atoms with Gasteiger partial charge in [0.1, 0.15) is 10.7 Å². The first-order chi connectivity index (χ1) is 11.1. The fraction of sp³-hybridized carbons (Fsp3) is 0.444. The predicted molar refractivity (Wildman–Crippen MR) is 93.7 cm³/mol. The van der Waals surface area contributed by atoms with E-state index >= 15 is 0 Å². The summed E-state index contributed by atoms with van der Waals surface area (Å²) in [5.41, 5.74) is 8.72. The Labute approximate surface area is 141 Å². The molecule has 122 valence electrons. The summed E-state index contributed by atoms with van der Waals surface area (Å²) in [5.74, 6) is -0.0973. The van der Waals surface area contributed by atoms with Crippen LogP contribution in [0.15, 0.2) is 29.6 Å². The maximum absolute atomic E-state index is 12.4. The summed E-state index contributed by atoms with van der Waals surface area (Å²) >= 11 is 1.44. The van der Waals surface area contributed by atoms with Gasteiger partial charge in [0.25, 0.3) is 5.91 Å². The molecule has 0 unspecified atom stereocenters. The van der Waals surface area contributed by atoms with Crippen molar-refractivity contribution in [2.24, 2.45) is 5.73 Å². The van der Waals surface area contributed by atoms with Crippen molar-refractivity contribution in [3.05, 3.63) is 51.5 Å². The van der Waals surface area contributed by atoms with Crippen LogP contribution in [-0.2, 0) is 12.0 Å². The standard InChI is InChI=1S/C18H23N3OS/c1-13-5-4-6-14(9-13)18(7-2-3-8-18)12-20-17(22)15-11-23-16(10-19)21-15/h4-6,9,11H,2-3,7-8,10,12,19H2,1H3,(H,20,22). The van der Waals surface area contributed by atoms with E-state index in [1.807, 2.05) is 0 Å². The molecule has 1 fully saturated rings. The van der Waals surface area contributed by atoms with Crippen LogP contribution in [0.1, 0.15) is 52.3 Å². The first-order valence-corrected chi connectivity index (χ1v) is 9.01. The molecule has 0 radical (unpaired) electrons. The van der Waals surface area contributed by atoms with Crippen LogP contribution in [0, 0.1) is 6.92 Å². The lowest BCUT2D eigenvalue weighted by molar-refractivity contribution is 0.0938. The zero-order valence-corrected chi connectivity index (χ0v) is 14.3. The molecule has 5 heteroatoms. The zero-order chi connectivity index (χ0) is 16.3. The number of rotatable bonds is 5. The highest BCUT2D eigenvalue weighted by atomic mass is 32.1. The first kappa shape index (κ1) is 16.1. The molecule has 2 aromatic rings. The molecule has 0 saturated heterocycles. The zero-order valence-electron chi connectivity index (χ0n) is 13.5. The summed E-state index contributed by atoms with van der Waals surface area (Å²) in [6.45, 7) is 3.17. The van der Waals surface area contributed by atoms with Gasteiger partial charge >= 0.3 is 0 Å². The number of aromatic nitrogens is 1. The summed E-state index contributed by atoms with van der Waals surface area (Å²) in [6, 6.07) is 8.68. The van der Waals surface area contributed by atoms with Gasteiger partial charge in [0.2, 0.25) is 0 Å². The van der Waals surface area contributed by atoms with Crippen LogP contribution in [0.4, 0.5) is 0 Å². The van der Waals surface area contributed by atoms with E-state index in [1.165, 1.54) is 35.3 Å². The average Bonchev–Trinajstić information content (AvgIpc) is 3.23. The maximum Gasteiger partial charge on any atom is 0.270 e. The van der Waals surface area contributed by atoms with Gasteiger partial charge in [-0.15, -0.1) is 11.3 Å². The molecule has 3 N–H and O–H groups in total. The molecule has 0 bridgehead atoms. The van der Waals surface area contributed by atoms with Crippen molar-refractivity contribution < 1.29 is 4.79 Å². The number of nitrogens with one attached hydrogen (secondary N) is 1. The quantitative estimate of drug-likeness (QED) is 0.885. The van der Waals surface area contributed by atoms with E-state index in [1.54, 1.807) is 5.38 Å². The van der Waals surface area contributed by atoms with Gasteiger partial charge in [-0.25, -0.2) is 4.98 Å². The number of amides is 1. The fourth-order valence-corrected chi connectivity index (χ4v) is 4.10. The Kier molecular flexibility index (Phi) is 4.78. The number of benzene rings is 1. The van der Waals surface area contributed by atoms with Gasteiger partial charge in [-0.1, -0.05) is 42.7 Å². The molecule has 1 heterocycles. The predicted octanol–water partition coefficient (Wildman–Crippen LogP) is 3.15. The smallest absolute Gasteiger partial charge is 0.270 e. The minimum Gasteiger partial charge on any atom is -0.350 e. The summed E-state index contributed by atoms with van der Waals surface area (Å²) < 4.78 is 0. The third-order valence-corrected chi connectivity index (χ3v) is 5.61. The van der Waals surface area contributed by atoms with E-state index in [-0.39, 0.29) is 11.3 Å². The van der Waals surface area contributed by atoms with Crippen molar-refractivity contribution in [1.29, 1.82) is 0 Å². The van der Waals surface area contributed by atoms with E-state index in [4.69, 9.17) is 5.73 Å². The van der Waals surface area contributed by atoms with Crippen LogP contribution >= 0.6 is 11.3 Å². The van der Waals surface area contributed by atoms with Crippen molar-refractivity contribution in [1.82, 2.24) is 10.3 Å². The molecule has 1 amide bonds. The van der Waals surface area contributed by atoms with Gasteiger partial charge in [-0.2, -0.15) is 0 Å². The van der Waals surface area contributed by atoms with Crippen LogP contribution < -0.4 is 11.1 Å². The van der Waals surface area contributed by atoms with Gasteiger partial charge in [0.05, 0.1) is 0 Å². The summed E-state index contributed by atoms with van der Waals surface area (Å²) in [7, 11) is 0. The van der Waals surface area contributed by atoms with Crippen LogP contribution in [0.5, 0.6) is 0 Å². The van der Waals surface area contributed by atoms with Crippen LogP contribution in [0.3, 0.4) is 0 Å². The lowest BCUT2D eigenvalue weighted by Crippen LogP contribution is -2.39. The molecule has 0 aliphatic heterocycles. The number of carbonyl (C=O) groups is 1. The van der Waals surface area contributed by atoms with Crippen LogP contribution in [-0.4, -0.2) is 17.4 Å². The number of nitrogens with two attached hydrogens (primary N) is 1. The van der Waals surface area contributed by atoms with Crippen molar-refractivity contribution in [2.75, 3.05) is 6.54 Å². The van der Waals surface area contributed by atoms with E-state index < -0.39 is 0 Å². The minimum atomic E-state index is -0.0973. The number of nitrogens with zero attached hydrogens (tertiary/aromatic N) is 1. The largest absolute Gasteiger partial charge is 0.350 e. The van der Waals surface area contributed by atoms with Crippen molar-refractivity contribution in [2.45, 2.75) is 44.6 Å². The monoisotopic (exact) mass is 329 g/mol. The Morgan fingerprint density at radius 3 is 2.83 bits per heavy atom. The van der Waals surface area contributed by atoms with Gasteiger partial charge in [0, 0.05) is 23.9 Å². The highest BCUT2D eigenvalue weighted by Crippen LogP contribution is 2.40. The molecular weight excluding hydrogens is 306 g/mol. The van der Waals surface area contributed by atoms with E-state index in [0.717, 1.165) is 17.8 Å². The topological polar surface area (TPSA) is 68.0 Å². The molecule has 1 aliphatic rings. The van der Waals surface area contributed by atoms with Crippen LogP contribution in [0.25, 0.3) is 0 Å². The van der Waals surface area contributed by atoms with Crippen LogP contribution in [0.2, 0.25) is 0 Å². The second kappa shape index (κ2) is 6.81. The maximum atomic E-state index is 12.4.